The maximum Gasteiger partial charge on any atom is 0.250 e. The summed E-state index contributed by atoms with van der Waals surface area (Å²) in [5, 5.41) is 3.21. The van der Waals surface area contributed by atoms with Crippen molar-refractivity contribution in [3.05, 3.63) is 16.5 Å². The molecular weight excluding hydrogens is 398 g/mol. The molecule has 0 aromatic carbocycles. The average Bonchev–Trinajstić information content (AvgIpc) is 3.05. The Morgan fingerprint density at radius 3 is 2.46 bits per heavy atom. The highest BCUT2D eigenvalue weighted by atomic mass is 35.5. The molecule has 1 aromatic heterocycles. The van der Waals surface area contributed by atoms with Crippen LogP contribution in [0.1, 0.15) is 13.8 Å². The zero-order chi connectivity index (χ0) is 19.2. The standard InChI is InChI=1S/C15H24ClN5O3S2/c1-3-17-15(21-10-8-20(9-11-21)12(2)22)18-6-7-19-26(23,24)14-5-4-13(16)25-14/h4-5,19H,3,6-11H2,1-2H3,(H,17,18). The van der Waals surface area contributed by atoms with E-state index in [1.54, 1.807) is 17.9 Å². The van der Waals surface area contributed by atoms with Crippen molar-refractivity contribution in [1.82, 2.24) is 19.8 Å². The summed E-state index contributed by atoms with van der Waals surface area (Å²) in [5.74, 6) is 0.809. The van der Waals surface area contributed by atoms with Gasteiger partial charge in [-0.05, 0) is 19.1 Å². The smallest absolute Gasteiger partial charge is 0.250 e. The maximum atomic E-state index is 12.1. The predicted octanol–water partition coefficient (Wildman–Crippen LogP) is 0.809. The number of hydrogen-bond acceptors (Lipinski definition) is 5. The molecule has 0 bridgehead atoms. The molecule has 2 rings (SSSR count). The Bertz CT molecular complexity index is 742. The summed E-state index contributed by atoms with van der Waals surface area (Å²) in [4.78, 5) is 19.8. The van der Waals surface area contributed by atoms with Crippen LogP contribution >= 0.6 is 22.9 Å². The Labute approximate surface area is 163 Å². The van der Waals surface area contributed by atoms with E-state index >= 15 is 0 Å². The van der Waals surface area contributed by atoms with Gasteiger partial charge < -0.3 is 15.1 Å². The van der Waals surface area contributed by atoms with Gasteiger partial charge in [0.2, 0.25) is 15.9 Å². The number of sulfonamides is 1. The first kappa shape index (κ1) is 20.9. The summed E-state index contributed by atoms with van der Waals surface area (Å²) in [6.45, 7) is 7.48. The summed E-state index contributed by atoms with van der Waals surface area (Å²) in [7, 11) is -3.55. The fourth-order valence-corrected chi connectivity index (χ4v) is 5.06. The van der Waals surface area contributed by atoms with Crippen LogP contribution in [0.15, 0.2) is 21.3 Å². The molecule has 1 aliphatic heterocycles. The lowest BCUT2D eigenvalue weighted by molar-refractivity contribution is -0.130. The van der Waals surface area contributed by atoms with Gasteiger partial charge in [-0.1, -0.05) is 11.6 Å². The number of thiophene rings is 1. The van der Waals surface area contributed by atoms with Crippen LogP contribution < -0.4 is 10.0 Å². The molecule has 0 unspecified atom stereocenters. The molecule has 0 spiro atoms. The fourth-order valence-electron chi connectivity index (χ4n) is 2.51. The second-order valence-electron chi connectivity index (χ2n) is 5.69. The van der Waals surface area contributed by atoms with Gasteiger partial charge in [0, 0.05) is 46.2 Å². The van der Waals surface area contributed by atoms with E-state index in [1.807, 2.05) is 6.92 Å². The number of guanidine groups is 1. The molecule has 2 N–H and O–H groups in total. The summed E-state index contributed by atoms with van der Waals surface area (Å²) in [6, 6.07) is 3.04. The van der Waals surface area contributed by atoms with E-state index in [-0.39, 0.29) is 16.7 Å². The van der Waals surface area contributed by atoms with E-state index in [9.17, 15) is 13.2 Å². The van der Waals surface area contributed by atoms with E-state index < -0.39 is 10.0 Å². The molecule has 0 radical (unpaired) electrons. The molecule has 1 amide bonds. The van der Waals surface area contributed by atoms with E-state index in [0.29, 0.717) is 43.6 Å². The summed E-state index contributed by atoms with van der Waals surface area (Å²) in [5.41, 5.74) is 0. The van der Waals surface area contributed by atoms with Gasteiger partial charge in [0.25, 0.3) is 0 Å². The van der Waals surface area contributed by atoms with Crippen LogP contribution in [0, 0.1) is 0 Å². The molecule has 1 aliphatic rings. The first-order chi connectivity index (χ1) is 12.3. The minimum absolute atomic E-state index is 0.0784. The lowest BCUT2D eigenvalue weighted by atomic mass is 10.3. The van der Waals surface area contributed by atoms with Crippen molar-refractivity contribution in [3.8, 4) is 0 Å². The van der Waals surface area contributed by atoms with Crippen LogP contribution in [0.25, 0.3) is 0 Å². The van der Waals surface area contributed by atoms with Gasteiger partial charge in [0.05, 0.1) is 10.9 Å². The van der Waals surface area contributed by atoms with Crippen LogP contribution in [-0.4, -0.2) is 75.9 Å². The number of nitrogens with one attached hydrogen (secondary N) is 2. The number of nitrogens with zero attached hydrogens (tertiary/aromatic N) is 3. The average molecular weight is 422 g/mol. The Morgan fingerprint density at radius 2 is 1.92 bits per heavy atom. The van der Waals surface area contributed by atoms with Gasteiger partial charge in [-0.2, -0.15) is 0 Å². The second-order valence-corrected chi connectivity index (χ2v) is 9.39. The zero-order valence-corrected chi connectivity index (χ0v) is 17.3. The third-order valence-corrected chi connectivity index (χ3v) is 7.02. The van der Waals surface area contributed by atoms with Crippen LogP contribution in [0.4, 0.5) is 0 Å². The maximum absolute atomic E-state index is 12.1. The van der Waals surface area contributed by atoms with E-state index in [0.717, 1.165) is 17.3 Å². The normalized spacial score (nSPS) is 16.0. The number of rotatable bonds is 6. The van der Waals surface area contributed by atoms with E-state index in [4.69, 9.17) is 11.6 Å². The van der Waals surface area contributed by atoms with Crippen molar-refractivity contribution in [1.29, 1.82) is 0 Å². The minimum Gasteiger partial charge on any atom is -0.357 e. The molecule has 2 heterocycles. The van der Waals surface area contributed by atoms with Crippen LogP contribution in [0.5, 0.6) is 0 Å². The summed E-state index contributed by atoms with van der Waals surface area (Å²) >= 11 is 6.80. The Hall–Kier alpha value is -1.36. The van der Waals surface area contributed by atoms with Gasteiger partial charge in [-0.25, -0.2) is 13.1 Å². The summed E-state index contributed by atoms with van der Waals surface area (Å²) < 4.78 is 27.4. The molecule has 1 saturated heterocycles. The molecule has 1 fully saturated rings. The van der Waals surface area contributed by atoms with Crippen LogP contribution in [0.3, 0.4) is 0 Å². The molecule has 146 valence electrons. The highest BCUT2D eigenvalue weighted by Crippen LogP contribution is 2.25. The number of hydrogen-bond donors (Lipinski definition) is 2. The lowest BCUT2D eigenvalue weighted by Gasteiger charge is -2.36. The first-order valence-electron chi connectivity index (χ1n) is 8.37. The SMILES string of the molecule is CCNC(=NCCNS(=O)(=O)c1ccc(Cl)s1)N1CCN(C(C)=O)CC1. The van der Waals surface area contributed by atoms with Crippen LogP contribution in [0.2, 0.25) is 4.34 Å². The largest absolute Gasteiger partial charge is 0.357 e. The molecule has 11 heteroatoms. The minimum atomic E-state index is -3.55. The number of aliphatic imine (C=N–C) groups is 1. The van der Waals surface area contributed by atoms with Crippen molar-refractivity contribution >= 4 is 44.8 Å². The van der Waals surface area contributed by atoms with Crippen molar-refractivity contribution in [2.24, 2.45) is 4.99 Å². The van der Waals surface area contributed by atoms with E-state index in [2.05, 4.69) is 19.9 Å². The Balaban J connectivity index is 1.88. The van der Waals surface area contributed by atoms with Gasteiger partial charge in [0.15, 0.2) is 5.96 Å². The lowest BCUT2D eigenvalue weighted by Crippen LogP contribution is -2.53. The van der Waals surface area contributed by atoms with Gasteiger partial charge in [-0.15, -0.1) is 11.3 Å². The molecule has 8 nitrogen and oxygen atoms in total. The first-order valence-corrected chi connectivity index (χ1v) is 11.0. The fraction of sp³-hybridized carbons (Fsp3) is 0.600. The number of carbonyl (C=O) groups is 1. The highest BCUT2D eigenvalue weighted by molar-refractivity contribution is 7.91. The number of piperazine rings is 1. The summed E-state index contributed by atoms with van der Waals surface area (Å²) in [6.07, 6.45) is 0. The highest BCUT2D eigenvalue weighted by Gasteiger charge is 2.21. The van der Waals surface area contributed by atoms with Gasteiger partial charge >= 0.3 is 0 Å². The number of carbonyl (C=O) groups excluding carboxylic acids is 1. The molecule has 0 atom stereocenters. The predicted molar refractivity (Wildman–Crippen MR) is 104 cm³/mol. The molecule has 1 aromatic rings. The van der Waals surface area contributed by atoms with Crippen molar-refractivity contribution in [3.63, 3.8) is 0 Å². The zero-order valence-electron chi connectivity index (χ0n) is 14.9. The van der Waals surface area contributed by atoms with Crippen molar-refractivity contribution in [2.75, 3.05) is 45.8 Å². The molecule has 0 saturated carbocycles. The Morgan fingerprint density at radius 1 is 1.27 bits per heavy atom. The number of halogens is 1. The molecule has 0 aliphatic carbocycles. The third kappa shape index (κ3) is 5.83. The van der Waals surface area contributed by atoms with E-state index in [1.165, 1.54) is 6.07 Å². The van der Waals surface area contributed by atoms with Crippen molar-refractivity contribution in [2.45, 2.75) is 18.1 Å². The monoisotopic (exact) mass is 421 g/mol. The molecular formula is C15H24ClN5O3S2. The third-order valence-electron chi connectivity index (χ3n) is 3.84. The number of amides is 1. The van der Waals surface area contributed by atoms with Gasteiger partial charge in [0.1, 0.15) is 4.21 Å². The second kappa shape index (κ2) is 9.54. The Kier molecular flexibility index (Phi) is 7.69. The molecule has 26 heavy (non-hydrogen) atoms. The quantitative estimate of drug-likeness (QED) is 0.402. The topological polar surface area (TPSA) is 94.1 Å². The van der Waals surface area contributed by atoms with Crippen LogP contribution in [-0.2, 0) is 14.8 Å². The van der Waals surface area contributed by atoms with Gasteiger partial charge in [-0.3, -0.25) is 9.79 Å². The van der Waals surface area contributed by atoms with Crippen molar-refractivity contribution < 1.29 is 13.2 Å².